The summed E-state index contributed by atoms with van der Waals surface area (Å²) in [6, 6.07) is -0.168. The van der Waals surface area contributed by atoms with Crippen LogP contribution in [0, 0.1) is 0 Å². The van der Waals surface area contributed by atoms with Crippen molar-refractivity contribution in [2.75, 3.05) is 5.32 Å². The van der Waals surface area contributed by atoms with Gasteiger partial charge < -0.3 is 11.1 Å². The second-order valence-corrected chi connectivity index (χ2v) is 3.23. The third-order valence-electron chi connectivity index (χ3n) is 1.60. The van der Waals surface area contributed by atoms with Crippen molar-refractivity contribution in [2.24, 2.45) is 5.73 Å². The van der Waals surface area contributed by atoms with Gasteiger partial charge in [-0.1, -0.05) is 0 Å². The standard InChI is InChI=1S/C8H15N5O/c1-5(2)11-8(14)12-7-6(3-9)4-10-13-7/h4-5H,3,9H2,1-2H3,(H3,10,11,12,13,14). The van der Waals surface area contributed by atoms with Gasteiger partial charge in [0, 0.05) is 18.2 Å². The van der Waals surface area contributed by atoms with Crippen LogP contribution in [-0.2, 0) is 6.54 Å². The molecule has 0 radical (unpaired) electrons. The predicted molar refractivity (Wildman–Crippen MR) is 53.8 cm³/mol. The van der Waals surface area contributed by atoms with Gasteiger partial charge in [0.1, 0.15) is 5.82 Å². The Hall–Kier alpha value is -1.56. The van der Waals surface area contributed by atoms with Crippen LogP contribution in [0.1, 0.15) is 19.4 Å². The Kier molecular flexibility index (Phi) is 3.47. The molecule has 1 heterocycles. The number of H-pyrrole nitrogens is 1. The number of urea groups is 1. The quantitative estimate of drug-likeness (QED) is 0.564. The third kappa shape index (κ3) is 2.74. The molecular formula is C8H15N5O. The molecule has 0 aliphatic carbocycles. The SMILES string of the molecule is CC(C)NC(=O)Nc1[nH]ncc1CN. The number of carbonyl (C=O) groups is 1. The van der Waals surface area contributed by atoms with E-state index in [0.29, 0.717) is 12.4 Å². The maximum Gasteiger partial charge on any atom is 0.320 e. The summed E-state index contributed by atoms with van der Waals surface area (Å²) < 4.78 is 0. The second-order valence-electron chi connectivity index (χ2n) is 3.23. The third-order valence-corrected chi connectivity index (χ3v) is 1.60. The highest BCUT2D eigenvalue weighted by Crippen LogP contribution is 2.08. The number of aromatic amines is 1. The summed E-state index contributed by atoms with van der Waals surface area (Å²) in [5.74, 6) is 0.547. The number of nitrogens with one attached hydrogen (secondary N) is 3. The zero-order valence-electron chi connectivity index (χ0n) is 8.29. The van der Waals surface area contributed by atoms with Crippen LogP contribution in [0.2, 0.25) is 0 Å². The minimum Gasteiger partial charge on any atom is -0.336 e. The molecule has 14 heavy (non-hydrogen) atoms. The van der Waals surface area contributed by atoms with Crippen LogP contribution in [0.15, 0.2) is 6.20 Å². The van der Waals surface area contributed by atoms with Gasteiger partial charge in [0.15, 0.2) is 0 Å². The molecule has 0 unspecified atom stereocenters. The summed E-state index contributed by atoms with van der Waals surface area (Å²) in [6.07, 6.45) is 1.59. The molecule has 0 atom stereocenters. The highest BCUT2D eigenvalue weighted by Gasteiger charge is 2.07. The molecule has 6 nitrogen and oxygen atoms in total. The zero-order chi connectivity index (χ0) is 10.6. The van der Waals surface area contributed by atoms with Crippen molar-refractivity contribution in [2.45, 2.75) is 26.4 Å². The number of hydrogen-bond acceptors (Lipinski definition) is 3. The van der Waals surface area contributed by atoms with E-state index in [9.17, 15) is 4.79 Å². The van der Waals surface area contributed by atoms with Crippen LogP contribution in [0.25, 0.3) is 0 Å². The molecule has 0 fully saturated rings. The van der Waals surface area contributed by atoms with Gasteiger partial charge in [0.2, 0.25) is 0 Å². The molecule has 78 valence electrons. The highest BCUT2D eigenvalue weighted by atomic mass is 16.2. The monoisotopic (exact) mass is 197 g/mol. The molecule has 0 aliphatic heterocycles. The lowest BCUT2D eigenvalue weighted by Gasteiger charge is -2.09. The van der Waals surface area contributed by atoms with Crippen molar-refractivity contribution < 1.29 is 4.79 Å². The van der Waals surface area contributed by atoms with Crippen LogP contribution in [0.5, 0.6) is 0 Å². The summed E-state index contributed by atoms with van der Waals surface area (Å²) in [7, 11) is 0. The van der Waals surface area contributed by atoms with Gasteiger partial charge in [0.25, 0.3) is 0 Å². The van der Waals surface area contributed by atoms with Gasteiger partial charge in [-0.15, -0.1) is 0 Å². The Labute approximate surface area is 82.3 Å². The summed E-state index contributed by atoms with van der Waals surface area (Å²) in [5.41, 5.74) is 6.22. The number of nitrogens with two attached hydrogens (primary N) is 1. The fourth-order valence-electron chi connectivity index (χ4n) is 0.986. The first-order chi connectivity index (χ1) is 6.63. The average molecular weight is 197 g/mol. The van der Waals surface area contributed by atoms with Crippen molar-refractivity contribution in [3.8, 4) is 0 Å². The van der Waals surface area contributed by atoms with E-state index in [2.05, 4.69) is 20.8 Å². The van der Waals surface area contributed by atoms with Crippen molar-refractivity contribution in [1.82, 2.24) is 15.5 Å². The first kappa shape index (κ1) is 10.5. The second kappa shape index (κ2) is 4.61. The van der Waals surface area contributed by atoms with Crippen molar-refractivity contribution in [3.63, 3.8) is 0 Å². The number of nitrogens with zero attached hydrogens (tertiary/aromatic N) is 1. The summed E-state index contributed by atoms with van der Waals surface area (Å²) in [5, 5.41) is 11.8. The van der Waals surface area contributed by atoms with Gasteiger partial charge in [-0.3, -0.25) is 10.4 Å². The zero-order valence-corrected chi connectivity index (χ0v) is 8.29. The minimum absolute atomic E-state index is 0.0965. The lowest BCUT2D eigenvalue weighted by Crippen LogP contribution is -2.34. The van der Waals surface area contributed by atoms with Gasteiger partial charge in [-0.05, 0) is 13.8 Å². The maximum absolute atomic E-state index is 11.3. The Morgan fingerprint density at radius 2 is 2.43 bits per heavy atom. The van der Waals surface area contributed by atoms with Crippen molar-refractivity contribution in [1.29, 1.82) is 0 Å². The minimum atomic E-state index is -0.265. The Morgan fingerprint density at radius 3 is 3.00 bits per heavy atom. The van der Waals surface area contributed by atoms with Gasteiger partial charge >= 0.3 is 6.03 Å². The molecule has 0 saturated heterocycles. The van der Waals surface area contributed by atoms with E-state index >= 15 is 0 Å². The van der Waals surface area contributed by atoms with Crippen molar-refractivity contribution >= 4 is 11.8 Å². The normalized spacial score (nSPS) is 10.3. The van der Waals surface area contributed by atoms with E-state index in [1.165, 1.54) is 0 Å². The number of carbonyl (C=O) groups excluding carboxylic acids is 1. The summed E-state index contributed by atoms with van der Waals surface area (Å²) in [4.78, 5) is 11.3. The lowest BCUT2D eigenvalue weighted by molar-refractivity contribution is 0.250. The van der Waals surface area contributed by atoms with E-state index in [0.717, 1.165) is 5.56 Å². The molecule has 2 amide bonds. The number of hydrogen-bond donors (Lipinski definition) is 4. The van der Waals surface area contributed by atoms with Crippen LogP contribution >= 0.6 is 0 Å². The topological polar surface area (TPSA) is 95.8 Å². The molecule has 0 bridgehead atoms. The first-order valence-corrected chi connectivity index (χ1v) is 4.43. The molecular weight excluding hydrogens is 182 g/mol. The van der Waals surface area contributed by atoms with Gasteiger partial charge in [-0.25, -0.2) is 4.79 Å². The predicted octanol–water partition coefficient (Wildman–Crippen LogP) is 0.398. The van der Waals surface area contributed by atoms with Crippen molar-refractivity contribution in [3.05, 3.63) is 11.8 Å². The number of amides is 2. The van der Waals surface area contributed by atoms with E-state index < -0.39 is 0 Å². The lowest BCUT2D eigenvalue weighted by atomic mass is 10.3. The number of rotatable bonds is 3. The van der Waals surface area contributed by atoms with Crippen LogP contribution in [-0.4, -0.2) is 22.3 Å². The number of anilines is 1. The summed E-state index contributed by atoms with van der Waals surface area (Å²) >= 11 is 0. The fraction of sp³-hybridized carbons (Fsp3) is 0.500. The molecule has 0 spiro atoms. The largest absolute Gasteiger partial charge is 0.336 e. The fourth-order valence-corrected chi connectivity index (χ4v) is 0.986. The maximum atomic E-state index is 11.3. The Morgan fingerprint density at radius 1 is 1.71 bits per heavy atom. The smallest absolute Gasteiger partial charge is 0.320 e. The molecule has 6 heteroatoms. The van der Waals surface area contributed by atoms with E-state index in [1.54, 1.807) is 6.20 Å². The number of aromatic nitrogens is 2. The van der Waals surface area contributed by atoms with Crippen LogP contribution in [0.3, 0.4) is 0 Å². The average Bonchev–Trinajstić information content (AvgIpc) is 2.50. The molecule has 5 N–H and O–H groups in total. The van der Waals surface area contributed by atoms with E-state index in [-0.39, 0.29) is 12.1 Å². The summed E-state index contributed by atoms with van der Waals surface area (Å²) in [6.45, 7) is 4.11. The van der Waals surface area contributed by atoms with Gasteiger partial charge in [-0.2, -0.15) is 5.10 Å². The van der Waals surface area contributed by atoms with Gasteiger partial charge in [0.05, 0.1) is 6.20 Å². The van der Waals surface area contributed by atoms with Crippen LogP contribution < -0.4 is 16.4 Å². The molecule has 1 aromatic heterocycles. The van der Waals surface area contributed by atoms with E-state index in [1.807, 2.05) is 13.8 Å². The first-order valence-electron chi connectivity index (χ1n) is 4.43. The molecule has 0 aliphatic rings. The van der Waals surface area contributed by atoms with Crippen LogP contribution in [0.4, 0.5) is 10.6 Å². The molecule has 1 aromatic rings. The molecule has 0 aromatic carbocycles. The molecule has 0 saturated carbocycles. The highest BCUT2D eigenvalue weighted by molar-refractivity contribution is 5.89. The Balaban J connectivity index is 2.55. The Bertz CT molecular complexity index is 306. The molecule has 1 rings (SSSR count). The van der Waals surface area contributed by atoms with E-state index in [4.69, 9.17) is 5.73 Å².